The van der Waals surface area contributed by atoms with Crippen molar-refractivity contribution < 1.29 is 24.3 Å². The Morgan fingerprint density at radius 2 is 2.00 bits per heavy atom. The molecule has 1 N–H and O–H groups in total. The summed E-state index contributed by atoms with van der Waals surface area (Å²) in [5.74, 6) is 0.127. The Morgan fingerprint density at radius 3 is 2.12 bits per heavy atom. The number of hydrogen-bond acceptors (Lipinski definition) is 1. The van der Waals surface area contributed by atoms with E-state index in [1.165, 1.54) is 0 Å². The van der Waals surface area contributed by atoms with E-state index in [1.807, 2.05) is 13.8 Å². The molecule has 0 fully saturated rings. The van der Waals surface area contributed by atoms with Crippen molar-refractivity contribution in [2.45, 2.75) is 20.3 Å². The average Bonchev–Trinajstić information content (AvgIpc) is 1.68. The van der Waals surface area contributed by atoms with Crippen LogP contribution in [-0.4, -0.2) is 12.5 Å². The Kier molecular flexibility index (Phi) is 9.72. The standard InChI is InChI=1S/C5H11NO.Zn/c1-3-5(7)6-4-2;/h3-4H2,1-2H3,(H,6,7);. The van der Waals surface area contributed by atoms with Crippen LogP contribution in [0.2, 0.25) is 0 Å². The first-order chi connectivity index (χ1) is 3.31. The zero-order chi connectivity index (χ0) is 5.70. The van der Waals surface area contributed by atoms with Crippen LogP contribution in [-0.2, 0) is 24.3 Å². The van der Waals surface area contributed by atoms with Crippen molar-refractivity contribution in [3.63, 3.8) is 0 Å². The predicted octanol–water partition coefficient (Wildman–Crippen LogP) is 0.530. The first-order valence-corrected chi connectivity index (χ1v) is 2.58. The molecule has 0 radical (unpaired) electrons. The second-order valence-corrected chi connectivity index (χ2v) is 1.31. The van der Waals surface area contributed by atoms with E-state index in [2.05, 4.69) is 5.32 Å². The molecule has 2 nitrogen and oxygen atoms in total. The fourth-order valence-corrected chi connectivity index (χ4v) is 0.322. The van der Waals surface area contributed by atoms with E-state index in [0.29, 0.717) is 6.42 Å². The molecule has 44 valence electrons. The minimum Gasteiger partial charge on any atom is -0.356 e. The summed E-state index contributed by atoms with van der Waals surface area (Å²) in [7, 11) is 0. The van der Waals surface area contributed by atoms with Crippen LogP contribution in [0.15, 0.2) is 0 Å². The van der Waals surface area contributed by atoms with Gasteiger partial charge in [-0.05, 0) is 6.92 Å². The monoisotopic (exact) mass is 165 g/mol. The number of nitrogens with one attached hydrogen (secondary N) is 1. The van der Waals surface area contributed by atoms with Crippen LogP contribution in [0, 0.1) is 0 Å². The minimum absolute atomic E-state index is 0. The Labute approximate surface area is 62.8 Å². The summed E-state index contributed by atoms with van der Waals surface area (Å²) in [6.07, 6.45) is 0.591. The van der Waals surface area contributed by atoms with Gasteiger partial charge in [-0.15, -0.1) is 0 Å². The second kappa shape index (κ2) is 7.09. The maximum absolute atomic E-state index is 10.3. The summed E-state index contributed by atoms with van der Waals surface area (Å²) >= 11 is 0. The minimum atomic E-state index is 0. The maximum atomic E-state index is 10.3. The van der Waals surface area contributed by atoms with E-state index in [-0.39, 0.29) is 25.4 Å². The molecule has 8 heavy (non-hydrogen) atoms. The molecule has 0 aromatic heterocycles. The van der Waals surface area contributed by atoms with Gasteiger partial charge in [0.2, 0.25) is 5.91 Å². The molecule has 3 heteroatoms. The van der Waals surface area contributed by atoms with E-state index < -0.39 is 0 Å². The Balaban J connectivity index is 0. The number of hydrogen-bond donors (Lipinski definition) is 1. The van der Waals surface area contributed by atoms with Gasteiger partial charge in [0.25, 0.3) is 0 Å². The van der Waals surface area contributed by atoms with Crippen molar-refractivity contribution in [2.75, 3.05) is 6.54 Å². The van der Waals surface area contributed by atoms with Crippen LogP contribution in [0.3, 0.4) is 0 Å². The molecule has 0 saturated heterocycles. The smallest absolute Gasteiger partial charge is 0.219 e. The van der Waals surface area contributed by atoms with Crippen molar-refractivity contribution in [3.8, 4) is 0 Å². The molecule has 0 aromatic rings. The average molecular weight is 167 g/mol. The van der Waals surface area contributed by atoms with Gasteiger partial charge in [0.05, 0.1) is 0 Å². The van der Waals surface area contributed by atoms with Gasteiger partial charge in [-0.25, -0.2) is 0 Å². The molecular formula is C5H11NOZn. The zero-order valence-corrected chi connectivity index (χ0v) is 8.50. The van der Waals surface area contributed by atoms with Crippen LogP contribution in [0.1, 0.15) is 20.3 Å². The Morgan fingerprint density at radius 1 is 1.50 bits per heavy atom. The van der Waals surface area contributed by atoms with Crippen LogP contribution >= 0.6 is 0 Å². The Hall–Kier alpha value is 0.0934. The predicted molar refractivity (Wildman–Crippen MR) is 29.0 cm³/mol. The van der Waals surface area contributed by atoms with Crippen LogP contribution in [0.4, 0.5) is 0 Å². The molecule has 1 amide bonds. The summed E-state index contributed by atoms with van der Waals surface area (Å²) in [6.45, 7) is 4.49. The fourth-order valence-electron chi connectivity index (χ4n) is 0.322. The van der Waals surface area contributed by atoms with Crippen molar-refractivity contribution in [3.05, 3.63) is 0 Å². The SMILES string of the molecule is CCNC(=O)CC.[Zn]. The molecule has 0 saturated carbocycles. The second-order valence-electron chi connectivity index (χ2n) is 1.31. The summed E-state index contributed by atoms with van der Waals surface area (Å²) in [6, 6.07) is 0. The van der Waals surface area contributed by atoms with Crippen LogP contribution in [0.5, 0.6) is 0 Å². The molecule has 0 heterocycles. The normalized spacial score (nSPS) is 7.25. The van der Waals surface area contributed by atoms with Crippen molar-refractivity contribution in [1.82, 2.24) is 5.32 Å². The van der Waals surface area contributed by atoms with Crippen LogP contribution in [0.25, 0.3) is 0 Å². The summed E-state index contributed by atoms with van der Waals surface area (Å²) in [5, 5.41) is 2.66. The van der Waals surface area contributed by atoms with Gasteiger partial charge in [0.1, 0.15) is 0 Å². The number of rotatable bonds is 2. The largest absolute Gasteiger partial charge is 0.356 e. The molecule has 0 spiro atoms. The van der Waals surface area contributed by atoms with Gasteiger partial charge < -0.3 is 5.32 Å². The molecule has 0 aliphatic carbocycles. The molecular weight excluding hydrogens is 155 g/mol. The van der Waals surface area contributed by atoms with Gasteiger partial charge in [0.15, 0.2) is 0 Å². The third-order valence-electron chi connectivity index (χ3n) is 0.695. The summed E-state index contributed by atoms with van der Waals surface area (Å²) < 4.78 is 0. The molecule has 0 aliphatic rings. The van der Waals surface area contributed by atoms with Gasteiger partial charge in [0, 0.05) is 32.4 Å². The zero-order valence-electron chi connectivity index (χ0n) is 5.53. The van der Waals surface area contributed by atoms with E-state index >= 15 is 0 Å². The third-order valence-corrected chi connectivity index (χ3v) is 0.695. The number of amides is 1. The Bertz CT molecular complexity index is 65.4. The molecule has 0 unspecified atom stereocenters. The third kappa shape index (κ3) is 6.09. The van der Waals surface area contributed by atoms with Crippen molar-refractivity contribution in [1.29, 1.82) is 0 Å². The van der Waals surface area contributed by atoms with Crippen molar-refractivity contribution in [2.24, 2.45) is 0 Å². The molecule has 0 bridgehead atoms. The molecule has 0 aliphatic heterocycles. The van der Waals surface area contributed by atoms with Crippen molar-refractivity contribution >= 4 is 5.91 Å². The van der Waals surface area contributed by atoms with Gasteiger partial charge in [-0.1, -0.05) is 6.92 Å². The quantitative estimate of drug-likeness (QED) is 0.596. The van der Waals surface area contributed by atoms with E-state index in [9.17, 15) is 4.79 Å². The molecule has 0 atom stereocenters. The van der Waals surface area contributed by atoms with E-state index in [0.717, 1.165) is 6.54 Å². The number of carbonyl (C=O) groups is 1. The fraction of sp³-hybridized carbons (Fsp3) is 0.800. The maximum Gasteiger partial charge on any atom is 0.219 e. The van der Waals surface area contributed by atoms with Gasteiger partial charge >= 0.3 is 0 Å². The number of carbonyl (C=O) groups excluding carboxylic acids is 1. The van der Waals surface area contributed by atoms with Gasteiger partial charge in [-0.3, -0.25) is 4.79 Å². The topological polar surface area (TPSA) is 29.1 Å². The van der Waals surface area contributed by atoms with E-state index in [4.69, 9.17) is 0 Å². The molecule has 0 aromatic carbocycles. The molecule has 0 rings (SSSR count). The summed E-state index contributed by atoms with van der Waals surface area (Å²) in [5.41, 5.74) is 0. The van der Waals surface area contributed by atoms with Crippen LogP contribution < -0.4 is 5.32 Å². The first kappa shape index (κ1) is 11.0. The first-order valence-electron chi connectivity index (χ1n) is 2.58. The van der Waals surface area contributed by atoms with Gasteiger partial charge in [-0.2, -0.15) is 0 Å². The summed E-state index contributed by atoms with van der Waals surface area (Å²) in [4.78, 5) is 10.3. The van der Waals surface area contributed by atoms with E-state index in [1.54, 1.807) is 0 Å².